The van der Waals surface area contributed by atoms with Crippen molar-refractivity contribution in [1.82, 2.24) is 19.5 Å². The van der Waals surface area contributed by atoms with Gasteiger partial charge in [0.1, 0.15) is 39.8 Å². The Labute approximate surface area is 349 Å². The summed E-state index contributed by atoms with van der Waals surface area (Å²) in [5.41, 5.74) is 8.69. The zero-order valence-corrected chi connectivity index (χ0v) is 33.2. The van der Waals surface area contributed by atoms with Crippen molar-refractivity contribution in [3.8, 4) is 11.7 Å². The molecule has 0 saturated carbocycles. The number of rotatable bonds is 3. The van der Waals surface area contributed by atoms with E-state index in [1.807, 2.05) is 36.4 Å². The third kappa shape index (κ3) is 4.30. The lowest BCUT2D eigenvalue weighted by Crippen LogP contribution is -2.35. The van der Waals surface area contributed by atoms with Crippen LogP contribution in [0.3, 0.4) is 0 Å². The monoisotopic (exact) mass is 789 g/mol. The summed E-state index contributed by atoms with van der Waals surface area (Å²) in [6.45, 7) is 4.44. The molecule has 0 spiro atoms. The van der Waals surface area contributed by atoms with Crippen molar-refractivity contribution in [3.05, 3.63) is 186 Å². The summed E-state index contributed by atoms with van der Waals surface area (Å²) in [4.78, 5) is 18.8. The number of anilines is 2. The van der Waals surface area contributed by atoms with E-state index in [-0.39, 0.29) is 12.0 Å². The highest BCUT2D eigenvalue weighted by Crippen LogP contribution is 2.60. The summed E-state index contributed by atoms with van der Waals surface area (Å²) >= 11 is 0. The molecule has 0 N–H and O–H groups in total. The van der Waals surface area contributed by atoms with E-state index in [0.717, 1.165) is 88.6 Å². The van der Waals surface area contributed by atoms with Gasteiger partial charge in [-0.25, -0.2) is 0 Å². The maximum atomic E-state index is 6.87. The van der Waals surface area contributed by atoms with Gasteiger partial charge < -0.3 is 13.6 Å². The van der Waals surface area contributed by atoms with Gasteiger partial charge in [-0.05, 0) is 61.9 Å². The molecule has 2 aliphatic heterocycles. The average molecular weight is 790 g/mol. The highest BCUT2D eigenvalue weighted by Gasteiger charge is 2.53. The van der Waals surface area contributed by atoms with E-state index < -0.39 is 11.0 Å². The maximum absolute atomic E-state index is 6.87. The zero-order valence-electron chi connectivity index (χ0n) is 33.2. The first-order valence-corrected chi connectivity index (χ1v) is 20.8. The molecule has 0 fully saturated rings. The van der Waals surface area contributed by atoms with Gasteiger partial charge in [0.2, 0.25) is 11.9 Å². The van der Waals surface area contributed by atoms with Gasteiger partial charge in [-0.15, -0.1) is 0 Å². The van der Waals surface area contributed by atoms with Crippen molar-refractivity contribution in [2.45, 2.75) is 36.8 Å². The largest absolute Gasteiger partial charge is 0.482 e. The summed E-state index contributed by atoms with van der Waals surface area (Å²) in [5.74, 6) is 3.33. The van der Waals surface area contributed by atoms with Gasteiger partial charge in [0.05, 0.1) is 5.52 Å². The molecular formula is C53H35N5O3. The smallest absolute Gasteiger partial charge is 0.240 e. The minimum Gasteiger partial charge on any atom is -0.482 e. The number of hydrogen-bond acceptors (Lipinski definition) is 7. The highest BCUT2D eigenvalue weighted by molar-refractivity contribution is 6.21. The van der Waals surface area contributed by atoms with Crippen LogP contribution in [0.5, 0.6) is 5.75 Å². The lowest BCUT2D eigenvalue weighted by Gasteiger charge is -2.35. The van der Waals surface area contributed by atoms with Crippen LogP contribution in [-0.4, -0.2) is 25.1 Å². The second-order valence-electron chi connectivity index (χ2n) is 17.1. The van der Waals surface area contributed by atoms with Crippen LogP contribution in [0.15, 0.2) is 167 Å². The summed E-state index contributed by atoms with van der Waals surface area (Å²) in [5, 5.41) is 5.33. The van der Waals surface area contributed by atoms with E-state index in [1.165, 1.54) is 5.56 Å². The summed E-state index contributed by atoms with van der Waals surface area (Å²) in [7, 11) is 0. The fraction of sp³-hybridized carbons (Fsp3) is 0.113. The molecule has 290 valence electrons. The van der Waals surface area contributed by atoms with Crippen molar-refractivity contribution in [1.29, 1.82) is 0 Å². The lowest BCUT2D eigenvalue weighted by molar-refractivity contribution is 0.155. The average Bonchev–Trinajstić information content (AvgIpc) is 4.08. The van der Waals surface area contributed by atoms with Crippen LogP contribution in [0.1, 0.15) is 54.1 Å². The molecule has 6 heterocycles. The Bertz CT molecular complexity index is 3660. The molecule has 6 aromatic carbocycles. The first-order chi connectivity index (χ1) is 29.9. The van der Waals surface area contributed by atoms with Crippen LogP contribution in [0, 0.1) is 0 Å². The van der Waals surface area contributed by atoms with Crippen LogP contribution in [0.4, 0.5) is 11.6 Å². The number of aromatic nitrogens is 4. The molecule has 2 aliphatic carbocycles. The van der Waals surface area contributed by atoms with Gasteiger partial charge in [-0.1, -0.05) is 121 Å². The second-order valence-corrected chi connectivity index (χ2v) is 17.1. The van der Waals surface area contributed by atoms with Crippen LogP contribution >= 0.6 is 0 Å². The van der Waals surface area contributed by atoms with Crippen molar-refractivity contribution in [2.24, 2.45) is 0 Å². The van der Waals surface area contributed by atoms with Gasteiger partial charge >= 0.3 is 0 Å². The van der Waals surface area contributed by atoms with Gasteiger partial charge in [-0.3, -0.25) is 9.47 Å². The van der Waals surface area contributed by atoms with E-state index in [2.05, 4.69) is 151 Å². The molecule has 61 heavy (non-hydrogen) atoms. The predicted octanol–water partition coefficient (Wildman–Crippen LogP) is 12.7. The molecule has 0 amide bonds. The number of nitrogens with zero attached hydrogens (tertiary/aromatic N) is 5. The maximum Gasteiger partial charge on any atom is 0.240 e. The van der Waals surface area contributed by atoms with Crippen LogP contribution in [0.25, 0.3) is 72.3 Å². The third-order valence-corrected chi connectivity index (χ3v) is 13.7. The van der Waals surface area contributed by atoms with E-state index >= 15 is 0 Å². The lowest BCUT2D eigenvalue weighted by atomic mass is 9.73. The van der Waals surface area contributed by atoms with Gasteiger partial charge in [0, 0.05) is 60.7 Å². The molecule has 0 bridgehead atoms. The quantitative estimate of drug-likeness (QED) is 0.176. The van der Waals surface area contributed by atoms with Gasteiger partial charge in [0.25, 0.3) is 0 Å². The normalized spacial score (nSPS) is 22.1. The Morgan fingerprint density at radius 3 is 2.23 bits per heavy atom. The SMILES string of the molecule is CC12C=CC(c3nc(N4c5ccccc5C5(C)C=Cc6c(oc7ccccc67)C45)nc(-n4c5ccccc5c5ccc6c7ccccc7oc6c54)n3)=CC1c1ccccc1O2. The molecule has 10 aromatic rings. The number of benzene rings is 6. The Hall–Kier alpha value is -7.71. The first kappa shape index (κ1) is 33.2. The summed E-state index contributed by atoms with van der Waals surface area (Å²) < 4.78 is 22.4. The molecule has 4 unspecified atom stereocenters. The second kappa shape index (κ2) is 11.5. The molecule has 4 atom stereocenters. The summed E-state index contributed by atoms with van der Waals surface area (Å²) in [6.07, 6.45) is 11.1. The minimum absolute atomic E-state index is 0.0341. The number of ether oxygens (including phenoxy) is 1. The topological polar surface area (TPSA) is 82.4 Å². The van der Waals surface area contributed by atoms with Crippen LogP contribution in [0.2, 0.25) is 0 Å². The molecule has 0 saturated heterocycles. The van der Waals surface area contributed by atoms with E-state index in [0.29, 0.717) is 17.7 Å². The summed E-state index contributed by atoms with van der Waals surface area (Å²) in [6, 6.07) is 46.0. The highest BCUT2D eigenvalue weighted by atomic mass is 16.5. The standard InChI is InChI=1S/C53H35N5O3/c1-52-27-26-36-33-15-5-11-21-43(33)60-47(36)48(52)58(41-19-9-7-17-38(41)52)51-55-49(30-25-28-53(2)39(29-30)37-16-6-12-22-44(37)61-53)54-50(56-51)57-40-18-8-3-13-31(40)34-23-24-35-32-14-4-10-20-42(32)59-46(35)45(34)57/h3-29,39,48H,1-2H3. The van der Waals surface area contributed by atoms with Crippen molar-refractivity contribution in [2.75, 3.05) is 4.90 Å². The third-order valence-electron chi connectivity index (χ3n) is 13.7. The molecule has 14 rings (SSSR count). The van der Waals surface area contributed by atoms with E-state index in [9.17, 15) is 0 Å². The Kier molecular flexibility index (Phi) is 6.26. The van der Waals surface area contributed by atoms with Crippen molar-refractivity contribution < 1.29 is 13.6 Å². The van der Waals surface area contributed by atoms with E-state index in [4.69, 9.17) is 28.5 Å². The fourth-order valence-electron chi connectivity index (χ4n) is 10.8. The van der Waals surface area contributed by atoms with Crippen LogP contribution in [-0.2, 0) is 5.41 Å². The number of allylic oxidation sites excluding steroid dienone is 2. The molecule has 4 aliphatic rings. The number of para-hydroxylation sites is 5. The number of hydrogen-bond donors (Lipinski definition) is 0. The molecular weight excluding hydrogens is 755 g/mol. The Balaban J connectivity index is 1.07. The predicted molar refractivity (Wildman–Crippen MR) is 241 cm³/mol. The first-order valence-electron chi connectivity index (χ1n) is 20.8. The fourth-order valence-corrected chi connectivity index (χ4v) is 10.8. The van der Waals surface area contributed by atoms with Gasteiger partial charge in [-0.2, -0.15) is 15.0 Å². The van der Waals surface area contributed by atoms with Crippen LogP contribution < -0.4 is 9.64 Å². The zero-order chi connectivity index (χ0) is 40.2. The number of fused-ring (bicyclic) bond motifs is 17. The van der Waals surface area contributed by atoms with E-state index in [1.54, 1.807) is 0 Å². The number of furan rings is 2. The Morgan fingerprint density at radius 2 is 1.33 bits per heavy atom. The minimum atomic E-state index is -0.534. The molecule has 8 nitrogen and oxygen atoms in total. The molecule has 0 radical (unpaired) electrons. The van der Waals surface area contributed by atoms with Gasteiger partial charge in [0.15, 0.2) is 11.4 Å². The Morgan fingerprint density at radius 1 is 0.607 bits per heavy atom. The molecule has 8 heteroatoms. The molecule has 4 aromatic heterocycles. The van der Waals surface area contributed by atoms with Crippen molar-refractivity contribution in [3.63, 3.8) is 0 Å². The van der Waals surface area contributed by atoms with Crippen molar-refractivity contribution >= 4 is 78.0 Å².